The van der Waals surface area contributed by atoms with Gasteiger partial charge in [0.05, 0.1) is 18.7 Å². The molecule has 106 valence electrons. The summed E-state index contributed by atoms with van der Waals surface area (Å²) in [6.45, 7) is 0.145. The SMILES string of the molecule is COc1ccc(C(=O)CNc2nnc(SC)s2)cc1Cl. The zero-order valence-electron chi connectivity index (χ0n) is 10.8. The van der Waals surface area contributed by atoms with Gasteiger partial charge in [0.1, 0.15) is 5.75 Å². The van der Waals surface area contributed by atoms with Crippen LogP contribution in [0.1, 0.15) is 10.4 Å². The summed E-state index contributed by atoms with van der Waals surface area (Å²) >= 11 is 8.92. The summed E-state index contributed by atoms with van der Waals surface area (Å²) in [5.41, 5.74) is 0.526. The van der Waals surface area contributed by atoms with Gasteiger partial charge in [0.25, 0.3) is 0 Å². The molecule has 0 bridgehead atoms. The summed E-state index contributed by atoms with van der Waals surface area (Å²) in [6.07, 6.45) is 1.93. The Morgan fingerprint density at radius 2 is 2.30 bits per heavy atom. The molecule has 1 N–H and O–H groups in total. The van der Waals surface area contributed by atoms with E-state index in [1.807, 2.05) is 6.26 Å². The Balaban J connectivity index is 1.99. The summed E-state index contributed by atoms with van der Waals surface area (Å²) in [6, 6.07) is 4.95. The van der Waals surface area contributed by atoms with Gasteiger partial charge in [-0.05, 0) is 24.5 Å². The molecule has 0 fully saturated rings. The minimum atomic E-state index is -0.0737. The van der Waals surface area contributed by atoms with Gasteiger partial charge < -0.3 is 10.1 Å². The number of hydrogen-bond donors (Lipinski definition) is 1. The molecule has 0 radical (unpaired) electrons. The van der Waals surface area contributed by atoms with Crippen molar-refractivity contribution in [3.8, 4) is 5.75 Å². The number of nitrogens with one attached hydrogen (secondary N) is 1. The molecule has 0 aliphatic heterocycles. The molecule has 0 unspecified atom stereocenters. The maximum Gasteiger partial charge on any atom is 0.206 e. The maximum atomic E-state index is 12.0. The number of carbonyl (C=O) groups excluding carboxylic acids is 1. The number of rotatable bonds is 6. The zero-order chi connectivity index (χ0) is 14.5. The van der Waals surface area contributed by atoms with Crippen molar-refractivity contribution in [2.45, 2.75) is 4.34 Å². The van der Waals surface area contributed by atoms with Crippen molar-refractivity contribution in [3.05, 3.63) is 28.8 Å². The van der Waals surface area contributed by atoms with Crippen molar-refractivity contribution < 1.29 is 9.53 Å². The van der Waals surface area contributed by atoms with E-state index in [2.05, 4.69) is 15.5 Å². The van der Waals surface area contributed by atoms with Gasteiger partial charge in [0, 0.05) is 5.56 Å². The van der Waals surface area contributed by atoms with E-state index in [1.54, 1.807) is 18.2 Å². The lowest BCUT2D eigenvalue weighted by molar-refractivity contribution is 0.101. The number of halogens is 1. The van der Waals surface area contributed by atoms with Crippen LogP contribution >= 0.6 is 34.7 Å². The topological polar surface area (TPSA) is 64.1 Å². The summed E-state index contributed by atoms with van der Waals surface area (Å²) in [5, 5.41) is 11.9. The van der Waals surface area contributed by atoms with Crippen molar-refractivity contribution in [2.24, 2.45) is 0 Å². The maximum absolute atomic E-state index is 12.0. The van der Waals surface area contributed by atoms with Gasteiger partial charge in [-0.25, -0.2) is 0 Å². The Kier molecular flexibility index (Phi) is 5.22. The van der Waals surface area contributed by atoms with Gasteiger partial charge in [-0.2, -0.15) is 0 Å². The summed E-state index contributed by atoms with van der Waals surface area (Å²) in [5.74, 6) is 0.473. The first-order chi connectivity index (χ1) is 9.63. The number of ether oxygens (including phenoxy) is 1. The highest BCUT2D eigenvalue weighted by atomic mass is 35.5. The Hall–Kier alpha value is -1.31. The number of aromatic nitrogens is 2. The predicted octanol–water partition coefficient (Wildman–Crippen LogP) is 3.22. The molecule has 0 aliphatic carbocycles. The Morgan fingerprint density at radius 1 is 1.50 bits per heavy atom. The van der Waals surface area contributed by atoms with E-state index < -0.39 is 0 Å². The van der Waals surface area contributed by atoms with Gasteiger partial charge in [-0.15, -0.1) is 10.2 Å². The van der Waals surface area contributed by atoms with E-state index in [0.29, 0.717) is 21.5 Å². The number of thioether (sulfide) groups is 1. The second-order valence-corrected chi connectivity index (χ2v) is 6.14. The number of benzene rings is 1. The Bertz CT molecular complexity index is 618. The van der Waals surface area contributed by atoms with Gasteiger partial charge >= 0.3 is 0 Å². The van der Waals surface area contributed by atoms with Gasteiger partial charge in [0.15, 0.2) is 10.1 Å². The molecule has 0 atom stereocenters. The van der Waals surface area contributed by atoms with Crippen LogP contribution in [0.2, 0.25) is 5.02 Å². The van der Waals surface area contributed by atoms with E-state index in [0.717, 1.165) is 4.34 Å². The molecule has 0 saturated heterocycles. The van der Waals surface area contributed by atoms with E-state index in [-0.39, 0.29) is 12.3 Å². The fourth-order valence-corrected chi connectivity index (χ4v) is 2.88. The Labute approximate surface area is 129 Å². The lowest BCUT2D eigenvalue weighted by Crippen LogP contribution is -2.13. The molecule has 0 aliphatic rings. The smallest absolute Gasteiger partial charge is 0.206 e. The van der Waals surface area contributed by atoms with Crippen LogP contribution < -0.4 is 10.1 Å². The van der Waals surface area contributed by atoms with E-state index in [4.69, 9.17) is 16.3 Å². The van der Waals surface area contributed by atoms with E-state index >= 15 is 0 Å². The molecular formula is C12H12ClN3O2S2. The molecule has 0 spiro atoms. The summed E-state index contributed by atoms with van der Waals surface area (Å²) < 4.78 is 5.90. The van der Waals surface area contributed by atoms with Crippen LogP contribution in [-0.2, 0) is 0 Å². The number of hydrogen-bond acceptors (Lipinski definition) is 7. The average molecular weight is 330 g/mol. The molecule has 20 heavy (non-hydrogen) atoms. The lowest BCUT2D eigenvalue weighted by Gasteiger charge is -2.05. The monoisotopic (exact) mass is 329 g/mol. The lowest BCUT2D eigenvalue weighted by atomic mass is 10.1. The summed E-state index contributed by atoms with van der Waals surface area (Å²) in [7, 11) is 1.53. The second-order valence-electron chi connectivity index (χ2n) is 3.70. The average Bonchev–Trinajstić information content (AvgIpc) is 2.92. The van der Waals surface area contributed by atoms with Crippen molar-refractivity contribution in [3.63, 3.8) is 0 Å². The molecule has 2 aromatic rings. The van der Waals surface area contributed by atoms with Crippen LogP contribution in [0.5, 0.6) is 5.75 Å². The predicted molar refractivity (Wildman–Crippen MR) is 82.5 cm³/mol. The van der Waals surface area contributed by atoms with Gasteiger partial charge in [0.2, 0.25) is 5.13 Å². The van der Waals surface area contributed by atoms with Crippen molar-refractivity contribution in [1.82, 2.24) is 10.2 Å². The summed E-state index contributed by atoms with van der Waals surface area (Å²) in [4.78, 5) is 12.0. The van der Waals surface area contributed by atoms with Crippen LogP contribution in [0.3, 0.4) is 0 Å². The first-order valence-electron chi connectivity index (χ1n) is 5.62. The van der Waals surface area contributed by atoms with Crippen molar-refractivity contribution in [1.29, 1.82) is 0 Å². The molecule has 0 saturated carbocycles. The molecule has 0 amide bonds. The minimum Gasteiger partial charge on any atom is -0.495 e. The number of methoxy groups -OCH3 is 1. The highest BCUT2D eigenvalue weighted by Gasteiger charge is 2.10. The molecule has 8 heteroatoms. The molecule has 1 aromatic heterocycles. The fourth-order valence-electron chi connectivity index (χ4n) is 1.46. The number of anilines is 1. The van der Waals surface area contributed by atoms with Crippen molar-refractivity contribution in [2.75, 3.05) is 25.2 Å². The molecular weight excluding hydrogens is 318 g/mol. The van der Waals surface area contributed by atoms with Crippen LogP contribution in [0.4, 0.5) is 5.13 Å². The first kappa shape index (κ1) is 15.1. The van der Waals surface area contributed by atoms with Crippen molar-refractivity contribution >= 4 is 45.6 Å². The molecule has 1 aromatic carbocycles. The Morgan fingerprint density at radius 3 is 2.90 bits per heavy atom. The fraction of sp³-hybridized carbons (Fsp3) is 0.250. The number of ketones is 1. The second kappa shape index (κ2) is 6.92. The van der Waals surface area contributed by atoms with Gasteiger partial charge in [-0.3, -0.25) is 4.79 Å². The highest BCUT2D eigenvalue weighted by Crippen LogP contribution is 2.25. The molecule has 2 rings (SSSR count). The quantitative estimate of drug-likeness (QED) is 0.648. The number of Topliss-reactive ketones (excluding diaryl/α,β-unsaturated/α-hetero) is 1. The van der Waals surface area contributed by atoms with Crippen LogP contribution in [0, 0.1) is 0 Å². The number of carbonyl (C=O) groups is 1. The normalized spacial score (nSPS) is 10.3. The van der Waals surface area contributed by atoms with Crippen LogP contribution in [0.25, 0.3) is 0 Å². The van der Waals surface area contributed by atoms with Crippen LogP contribution in [-0.4, -0.2) is 35.9 Å². The first-order valence-corrected chi connectivity index (χ1v) is 8.04. The van der Waals surface area contributed by atoms with Gasteiger partial charge in [-0.1, -0.05) is 34.7 Å². The standard InChI is InChI=1S/C12H12ClN3O2S2/c1-18-10-4-3-7(5-8(10)13)9(17)6-14-11-15-16-12(19-2)20-11/h3-5H,6H2,1-2H3,(H,14,15). The molecule has 1 heterocycles. The third-order valence-corrected chi connectivity index (χ3v) is 4.61. The highest BCUT2D eigenvalue weighted by molar-refractivity contribution is 8.00. The third-order valence-electron chi connectivity index (χ3n) is 2.46. The molecule has 5 nitrogen and oxygen atoms in total. The zero-order valence-corrected chi connectivity index (χ0v) is 13.2. The van der Waals surface area contributed by atoms with E-state index in [1.165, 1.54) is 30.2 Å². The van der Waals surface area contributed by atoms with E-state index in [9.17, 15) is 4.79 Å². The van der Waals surface area contributed by atoms with Crippen LogP contribution in [0.15, 0.2) is 22.5 Å². The number of nitrogens with zero attached hydrogens (tertiary/aromatic N) is 2. The largest absolute Gasteiger partial charge is 0.495 e. The third kappa shape index (κ3) is 3.62. The minimum absolute atomic E-state index is 0.0737.